The van der Waals surface area contributed by atoms with E-state index in [1.54, 1.807) is 0 Å². The van der Waals surface area contributed by atoms with Crippen LogP contribution in [-0.4, -0.2) is 31.5 Å². The summed E-state index contributed by atoms with van der Waals surface area (Å²) in [6.45, 7) is 2.68. The molecule has 1 atom stereocenters. The Kier molecular flexibility index (Phi) is 4.22. The molecule has 2 rings (SSSR count). The van der Waals surface area contributed by atoms with Crippen molar-refractivity contribution in [3.05, 3.63) is 0 Å². The molecule has 1 aliphatic carbocycles. The quantitative estimate of drug-likeness (QED) is 0.723. The van der Waals surface area contributed by atoms with Gasteiger partial charge in [-0.1, -0.05) is 12.8 Å². The Morgan fingerprint density at radius 3 is 2.06 bits per heavy atom. The van der Waals surface area contributed by atoms with Gasteiger partial charge in [-0.3, -0.25) is 0 Å². The second kappa shape index (κ2) is 5.48. The van der Waals surface area contributed by atoms with Crippen LogP contribution in [0.2, 0.25) is 0 Å². The molecule has 1 unspecified atom stereocenters. The fourth-order valence-corrected chi connectivity index (χ4v) is 2.94. The summed E-state index contributed by atoms with van der Waals surface area (Å²) in [6.07, 6.45) is 7.21. The lowest BCUT2D eigenvalue weighted by molar-refractivity contribution is 0.0273. The molecule has 0 spiro atoms. The minimum Gasteiger partial charge on any atom is -0.396 e. The third-order valence-electron chi connectivity index (χ3n) is 4.25. The standard InChI is InChI=1S/C13H25NO2/c14-9-13(10-15,7-11-1-2-11)8-12-3-5-16-6-4-12/h11-12,15H,1-10,14H2. The van der Waals surface area contributed by atoms with Crippen LogP contribution >= 0.6 is 0 Å². The Hall–Kier alpha value is -0.120. The highest BCUT2D eigenvalue weighted by atomic mass is 16.5. The van der Waals surface area contributed by atoms with Gasteiger partial charge in [0.05, 0.1) is 0 Å². The highest BCUT2D eigenvalue weighted by molar-refractivity contribution is 4.89. The van der Waals surface area contributed by atoms with E-state index in [0.717, 1.165) is 44.8 Å². The summed E-state index contributed by atoms with van der Waals surface area (Å²) in [4.78, 5) is 0. The molecule has 0 bridgehead atoms. The molecule has 1 saturated heterocycles. The second-order valence-corrected chi connectivity index (χ2v) is 5.77. The third kappa shape index (κ3) is 3.19. The smallest absolute Gasteiger partial charge is 0.0499 e. The second-order valence-electron chi connectivity index (χ2n) is 5.77. The van der Waals surface area contributed by atoms with Gasteiger partial charge in [-0.15, -0.1) is 0 Å². The molecule has 0 radical (unpaired) electrons. The highest BCUT2D eigenvalue weighted by Gasteiger charge is 2.37. The molecule has 3 N–H and O–H groups in total. The van der Waals surface area contributed by atoms with Gasteiger partial charge >= 0.3 is 0 Å². The number of ether oxygens (including phenoxy) is 1. The summed E-state index contributed by atoms with van der Waals surface area (Å²) < 4.78 is 5.38. The van der Waals surface area contributed by atoms with E-state index in [4.69, 9.17) is 10.5 Å². The summed E-state index contributed by atoms with van der Waals surface area (Å²) in [5.41, 5.74) is 5.92. The summed E-state index contributed by atoms with van der Waals surface area (Å²) in [6, 6.07) is 0. The molecule has 16 heavy (non-hydrogen) atoms. The first-order valence-electron chi connectivity index (χ1n) is 6.67. The predicted octanol–water partition coefficient (Wildman–Crippen LogP) is 1.54. The van der Waals surface area contributed by atoms with Crippen LogP contribution in [0, 0.1) is 17.3 Å². The summed E-state index contributed by atoms with van der Waals surface area (Å²) in [7, 11) is 0. The Bertz CT molecular complexity index is 206. The number of rotatable bonds is 6. The molecule has 3 nitrogen and oxygen atoms in total. The minimum atomic E-state index is 0.00315. The molecule has 3 heteroatoms. The Morgan fingerprint density at radius 1 is 1.06 bits per heavy atom. The highest BCUT2D eigenvalue weighted by Crippen LogP contribution is 2.43. The Morgan fingerprint density at radius 2 is 1.62 bits per heavy atom. The zero-order valence-corrected chi connectivity index (χ0v) is 10.2. The number of nitrogens with two attached hydrogens (primary N) is 1. The predicted molar refractivity (Wildman–Crippen MR) is 64.1 cm³/mol. The molecule has 0 aromatic carbocycles. The maximum Gasteiger partial charge on any atom is 0.0499 e. The number of hydrogen-bond donors (Lipinski definition) is 2. The van der Waals surface area contributed by atoms with Crippen molar-refractivity contribution < 1.29 is 9.84 Å². The Labute approximate surface area is 98.4 Å². The van der Waals surface area contributed by atoms with Gasteiger partial charge in [-0.25, -0.2) is 0 Å². The molecular formula is C13H25NO2. The number of hydrogen-bond acceptors (Lipinski definition) is 3. The van der Waals surface area contributed by atoms with Crippen molar-refractivity contribution in [2.75, 3.05) is 26.4 Å². The van der Waals surface area contributed by atoms with E-state index < -0.39 is 0 Å². The molecule has 0 amide bonds. The van der Waals surface area contributed by atoms with E-state index in [9.17, 15) is 5.11 Å². The zero-order chi connectivity index (χ0) is 11.4. The molecule has 1 saturated carbocycles. The molecule has 2 aliphatic rings. The van der Waals surface area contributed by atoms with Crippen LogP contribution in [-0.2, 0) is 4.74 Å². The van der Waals surface area contributed by atoms with Crippen LogP contribution in [0.5, 0.6) is 0 Å². The molecule has 1 aliphatic heterocycles. The van der Waals surface area contributed by atoms with Gasteiger partial charge in [-0.2, -0.15) is 0 Å². The normalized spacial score (nSPS) is 26.6. The first kappa shape index (κ1) is 12.3. The van der Waals surface area contributed by atoms with Crippen molar-refractivity contribution in [1.82, 2.24) is 0 Å². The van der Waals surface area contributed by atoms with E-state index in [1.807, 2.05) is 0 Å². The monoisotopic (exact) mass is 227 g/mol. The van der Waals surface area contributed by atoms with E-state index in [1.165, 1.54) is 12.8 Å². The van der Waals surface area contributed by atoms with Crippen molar-refractivity contribution in [2.24, 2.45) is 23.0 Å². The molecule has 2 fully saturated rings. The maximum atomic E-state index is 9.67. The summed E-state index contributed by atoms with van der Waals surface area (Å²) in [5.74, 6) is 1.55. The fourth-order valence-electron chi connectivity index (χ4n) is 2.94. The number of aliphatic hydroxyl groups is 1. The van der Waals surface area contributed by atoms with Gasteiger partial charge < -0.3 is 15.6 Å². The molecule has 1 heterocycles. The van der Waals surface area contributed by atoms with Crippen LogP contribution in [0.4, 0.5) is 0 Å². The topological polar surface area (TPSA) is 55.5 Å². The Balaban J connectivity index is 1.88. The molecular weight excluding hydrogens is 202 g/mol. The van der Waals surface area contributed by atoms with Crippen LogP contribution in [0.3, 0.4) is 0 Å². The largest absolute Gasteiger partial charge is 0.396 e. The fraction of sp³-hybridized carbons (Fsp3) is 1.00. The van der Waals surface area contributed by atoms with Crippen molar-refractivity contribution >= 4 is 0 Å². The number of aliphatic hydroxyl groups excluding tert-OH is 1. The van der Waals surface area contributed by atoms with E-state index in [-0.39, 0.29) is 12.0 Å². The van der Waals surface area contributed by atoms with Crippen molar-refractivity contribution in [3.8, 4) is 0 Å². The maximum absolute atomic E-state index is 9.67. The molecule has 0 aromatic rings. The van der Waals surface area contributed by atoms with E-state index >= 15 is 0 Å². The average molecular weight is 227 g/mol. The van der Waals surface area contributed by atoms with Gasteiger partial charge in [-0.05, 0) is 37.5 Å². The van der Waals surface area contributed by atoms with Crippen molar-refractivity contribution in [2.45, 2.75) is 38.5 Å². The molecule has 0 aromatic heterocycles. The van der Waals surface area contributed by atoms with Gasteiger partial charge in [0, 0.05) is 31.8 Å². The molecule has 94 valence electrons. The van der Waals surface area contributed by atoms with Crippen LogP contribution in [0.25, 0.3) is 0 Å². The first-order valence-corrected chi connectivity index (χ1v) is 6.67. The van der Waals surface area contributed by atoms with Crippen LogP contribution in [0.15, 0.2) is 0 Å². The van der Waals surface area contributed by atoms with E-state index in [0.29, 0.717) is 12.5 Å². The van der Waals surface area contributed by atoms with Gasteiger partial charge in [0.15, 0.2) is 0 Å². The summed E-state index contributed by atoms with van der Waals surface area (Å²) >= 11 is 0. The van der Waals surface area contributed by atoms with Gasteiger partial charge in [0.1, 0.15) is 0 Å². The first-order chi connectivity index (χ1) is 7.78. The SMILES string of the molecule is NCC(CO)(CC1CCOCC1)CC1CC1. The summed E-state index contributed by atoms with van der Waals surface area (Å²) in [5, 5.41) is 9.67. The lowest BCUT2D eigenvalue weighted by Gasteiger charge is -2.35. The van der Waals surface area contributed by atoms with Gasteiger partial charge in [0.25, 0.3) is 0 Å². The minimum absolute atomic E-state index is 0.00315. The van der Waals surface area contributed by atoms with Crippen LogP contribution in [0.1, 0.15) is 38.5 Å². The van der Waals surface area contributed by atoms with Crippen LogP contribution < -0.4 is 5.73 Å². The van der Waals surface area contributed by atoms with Crippen molar-refractivity contribution in [1.29, 1.82) is 0 Å². The van der Waals surface area contributed by atoms with Crippen molar-refractivity contribution in [3.63, 3.8) is 0 Å². The average Bonchev–Trinajstić information content (AvgIpc) is 3.13. The van der Waals surface area contributed by atoms with E-state index in [2.05, 4.69) is 0 Å². The van der Waals surface area contributed by atoms with Gasteiger partial charge in [0.2, 0.25) is 0 Å². The lowest BCUT2D eigenvalue weighted by atomic mass is 9.74. The lowest BCUT2D eigenvalue weighted by Crippen LogP contribution is -2.38. The zero-order valence-electron chi connectivity index (χ0n) is 10.2. The third-order valence-corrected chi connectivity index (χ3v) is 4.25.